The van der Waals surface area contributed by atoms with Gasteiger partial charge < -0.3 is 10.3 Å². The molecule has 1 amide bonds. The van der Waals surface area contributed by atoms with Crippen molar-refractivity contribution < 1.29 is 18.0 Å². The van der Waals surface area contributed by atoms with Crippen LogP contribution in [0.1, 0.15) is 16.7 Å². The number of carbonyl (C=O) groups is 1. The van der Waals surface area contributed by atoms with Crippen LogP contribution in [0.4, 0.5) is 18.2 Å². The predicted octanol–water partition coefficient (Wildman–Crippen LogP) is 3.24. The van der Waals surface area contributed by atoms with Crippen molar-refractivity contribution in [3.63, 3.8) is 0 Å². The molecule has 4 aromatic rings. The Bertz CT molecular complexity index is 1380. The third kappa shape index (κ3) is 4.03. The molecule has 8 nitrogen and oxygen atoms in total. The molecule has 0 spiro atoms. The minimum Gasteiger partial charge on any atom is -0.322 e. The van der Waals surface area contributed by atoms with Gasteiger partial charge >= 0.3 is 6.18 Å². The predicted molar refractivity (Wildman–Crippen MR) is 106 cm³/mol. The van der Waals surface area contributed by atoms with E-state index in [9.17, 15) is 28.0 Å². The number of rotatable bonds is 4. The second kappa shape index (κ2) is 7.69. The number of nitrogens with zero attached hydrogens (tertiary/aromatic N) is 4. The van der Waals surface area contributed by atoms with Gasteiger partial charge in [0.15, 0.2) is 0 Å². The van der Waals surface area contributed by atoms with Gasteiger partial charge in [0.25, 0.3) is 5.56 Å². The highest BCUT2D eigenvalue weighted by molar-refractivity contribution is 7.15. The van der Waals surface area contributed by atoms with Crippen LogP contribution in [0.2, 0.25) is 0 Å². The number of halogens is 3. The molecule has 12 heteroatoms. The zero-order valence-corrected chi connectivity index (χ0v) is 16.2. The quantitative estimate of drug-likeness (QED) is 0.501. The number of aromatic nitrogens is 4. The highest BCUT2D eigenvalue weighted by atomic mass is 32.1. The number of amides is 1. The molecule has 0 atom stereocenters. The fraction of sp³-hybridized carbons (Fsp3) is 0.105. The molecule has 0 aliphatic carbocycles. The summed E-state index contributed by atoms with van der Waals surface area (Å²) in [6.07, 6.45) is -1.99. The van der Waals surface area contributed by atoms with Gasteiger partial charge in [-0.3, -0.25) is 9.59 Å². The molecule has 0 bridgehead atoms. The Morgan fingerprint density at radius 3 is 2.81 bits per heavy atom. The molecule has 0 saturated heterocycles. The van der Waals surface area contributed by atoms with Crippen molar-refractivity contribution >= 4 is 33.1 Å². The summed E-state index contributed by atoms with van der Waals surface area (Å²) in [4.78, 5) is 27.3. The lowest BCUT2D eigenvalue weighted by atomic mass is 10.1. The van der Waals surface area contributed by atoms with Crippen molar-refractivity contribution in [2.75, 3.05) is 5.32 Å². The Balaban J connectivity index is 1.62. The van der Waals surface area contributed by atoms with Crippen LogP contribution < -0.4 is 10.9 Å². The number of fused-ring (bicyclic) bond motifs is 1. The van der Waals surface area contributed by atoms with E-state index in [0.717, 1.165) is 23.5 Å². The molecule has 3 heterocycles. The average molecular weight is 444 g/mol. The first-order valence-electron chi connectivity index (χ1n) is 8.67. The molecular formula is C19H11F3N6O2S. The standard InChI is InChI=1S/C19H11F3N6O2S/c20-19(21,22)13-1-2-14-10(6-13)5-11(17(30)25-14)7-15(29)26-18-16(12(8-23)9-31-18)28-4-3-24-27-28/h1-6,9H,7H2,(H,25,30)(H,26,29). The van der Waals surface area contributed by atoms with Crippen molar-refractivity contribution in [3.05, 3.63) is 69.1 Å². The maximum Gasteiger partial charge on any atom is 0.416 e. The molecule has 1 aromatic carbocycles. The van der Waals surface area contributed by atoms with Crippen LogP contribution in [0.5, 0.6) is 0 Å². The van der Waals surface area contributed by atoms with Crippen molar-refractivity contribution in [2.45, 2.75) is 12.6 Å². The van der Waals surface area contributed by atoms with Crippen molar-refractivity contribution in [1.29, 1.82) is 5.26 Å². The van der Waals surface area contributed by atoms with Crippen LogP contribution in [0, 0.1) is 11.3 Å². The maximum atomic E-state index is 13.0. The normalized spacial score (nSPS) is 11.4. The molecule has 0 radical (unpaired) electrons. The summed E-state index contributed by atoms with van der Waals surface area (Å²) < 4.78 is 40.2. The summed E-state index contributed by atoms with van der Waals surface area (Å²) >= 11 is 1.10. The topological polar surface area (TPSA) is 116 Å². The number of pyridine rings is 1. The van der Waals surface area contributed by atoms with Gasteiger partial charge in [0.05, 0.1) is 29.9 Å². The lowest BCUT2D eigenvalue weighted by Crippen LogP contribution is -2.21. The van der Waals surface area contributed by atoms with E-state index >= 15 is 0 Å². The Kier molecular flexibility index (Phi) is 5.04. The number of anilines is 1. The van der Waals surface area contributed by atoms with Crippen molar-refractivity contribution in [2.24, 2.45) is 0 Å². The molecule has 0 saturated carbocycles. The number of hydrogen-bond acceptors (Lipinski definition) is 6. The molecule has 31 heavy (non-hydrogen) atoms. The number of benzene rings is 1. The van der Waals surface area contributed by atoms with Gasteiger partial charge in [-0.1, -0.05) is 5.21 Å². The summed E-state index contributed by atoms with van der Waals surface area (Å²) in [5.74, 6) is -0.579. The minimum absolute atomic E-state index is 0.00342. The molecule has 0 fully saturated rings. The first kappa shape index (κ1) is 20.3. The lowest BCUT2D eigenvalue weighted by Gasteiger charge is -2.09. The highest BCUT2D eigenvalue weighted by Crippen LogP contribution is 2.32. The number of carbonyl (C=O) groups excluding carboxylic acids is 1. The Hall–Kier alpha value is -3.98. The second-order valence-electron chi connectivity index (χ2n) is 6.43. The fourth-order valence-electron chi connectivity index (χ4n) is 2.98. The second-order valence-corrected chi connectivity index (χ2v) is 7.31. The van der Waals surface area contributed by atoms with Gasteiger partial charge in [-0.25, -0.2) is 4.68 Å². The number of aromatic amines is 1. The van der Waals surface area contributed by atoms with E-state index in [1.54, 1.807) is 0 Å². The van der Waals surface area contributed by atoms with E-state index in [-0.39, 0.29) is 28.5 Å². The van der Waals surface area contributed by atoms with E-state index in [2.05, 4.69) is 20.6 Å². The molecule has 0 aliphatic heterocycles. The molecule has 3 aromatic heterocycles. The van der Waals surface area contributed by atoms with Crippen LogP contribution >= 0.6 is 11.3 Å². The van der Waals surface area contributed by atoms with Crippen LogP contribution in [-0.4, -0.2) is 25.9 Å². The number of thiophene rings is 1. The van der Waals surface area contributed by atoms with Crippen LogP contribution in [-0.2, 0) is 17.4 Å². The first-order valence-corrected chi connectivity index (χ1v) is 9.55. The van der Waals surface area contributed by atoms with E-state index in [4.69, 9.17) is 0 Å². The molecule has 156 valence electrons. The molecule has 0 unspecified atom stereocenters. The highest BCUT2D eigenvalue weighted by Gasteiger charge is 2.30. The number of alkyl halides is 3. The smallest absolute Gasteiger partial charge is 0.322 e. The summed E-state index contributed by atoms with van der Waals surface area (Å²) in [7, 11) is 0. The molecule has 0 aliphatic rings. The number of hydrogen-bond donors (Lipinski definition) is 2. The number of H-pyrrole nitrogens is 1. The van der Waals surface area contributed by atoms with Crippen LogP contribution in [0.15, 0.2) is 46.8 Å². The van der Waals surface area contributed by atoms with Crippen molar-refractivity contribution in [3.8, 4) is 11.8 Å². The Morgan fingerprint density at radius 2 is 2.13 bits per heavy atom. The van der Waals surface area contributed by atoms with Gasteiger partial charge in [-0.05, 0) is 29.7 Å². The van der Waals surface area contributed by atoms with Crippen molar-refractivity contribution in [1.82, 2.24) is 20.0 Å². The summed E-state index contributed by atoms with van der Waals surface area (Å²) in [5, 5.41) is 21.4. The van der Waals surface area contributed by atoms with E-state index < -0.39 is 23.2 Å². The van der Waals surface area contributed by atoms with E-state index in [0.29, 0.717) is 10.7 Å². The van der Waals surface area contributed by atoms with Gasteiger partial charge in [-0.15, -0.1) is 16.4 Å². The third-order valence-electron chi connectivity index (χ3n) is 4.39. The van der Waals surface area contributed by atoms with E-state index in [1.807, 2.05) is 6.07 Å². The third-order valence-corrected chi connectivity index (χ3v) is 5.27. The number of nitriles is 1. The Morgan fingerprint density at radius 1 is 1.32 bits per heavy atom. The summed E-state index contributed by atoms with van der Waals surface area (Å²) in [6.45, 7) is 0. The molecular weight excluding hydrogens is 433 g/mol. The zero-order chi connectivity index (χ0) is 22.2. The summed E-state index contributed by atoms with van der Waals surface area (Å²) in [6, 6.07) is 6.21. The molecule has 4 rings (SSSR count). The first-order chi connectivity index (χ1) is 14.8. The van der Waals surface area contributed by atoms with E-state index in [1.165, 1.54) is 34.6 Å². The Labute approximate surface area is 175 Å². The van der Waals surface area contributed by atoms with Gasteiger partial charge in [0, 0.05) is 16.5 Å². The van der Waals surface area contributed by atoms with Gasteiger partial charge in [0.2, 0.25) is 5.91 Å². The van der Waals surface area contributed by atoms with Gasteiger partial charge in [-0.2, -0.15) is 18.4 Å². The van der Waals surface area contributed by atoms with Crippen LogP contribution in [0.3, 0.4) is 0 Å². The fourth-order valence-corrected chi connectivity index (χ4v) is 3.87. The minimum atomic E-state index is -4.53. The molecule has 2 N–H and O–H groups in total. The number of nitrogens with one attached hydrogen (secondary N) is 2. The monoisotopic (exact) mass is 444 g/mol. The zero-order valence-electron chi connectivity index (χ0n) is 15.4. The SMILES string of the molecule is N#Cc1csc(NC(=O)Cc2cc3cc(C(F)(F)F)ccc3[nH]c2=O)c1-n1ccnn1. The summed E-state index contributed by atoms with van der Waals surface area (Å²) in [5.41, 5.74) is -0.601. The lowest BCUT2D eigenvalue weighted by molar-refractivity contribution is -0.137. The van der Waals surface area contributed by atoms with Gasteiger partial charge in [0.1, 0.15) is 16.8 Å². The largest absolute Gasteiger partial charge is 0.416 e. The maximum absolute atomic E-state index is 13.0. The average Bonchev–Trinajstić information content (AvgIpc) is 3.36. The van der Waals surface area contributed by atoms with Crippen LogP contribution in [0.25, 0.3) is 16.6 Å².